The first-order valence-corrected chi connectivity index (χ1v) is 15.4. The van der Waals surface area contributed by atoms with Gasteiger partial charge in [-0.2, -0.15) is 13.2 Å². The highest BCUT2D eigenvalue weighted by Crippen LogP contribution is 2.50. The van der Waals surface area contributed by atoms with Crippen LogP contribution >= 0.6 is 7.60 Å². The van der Waals surface area contributed by atoms with Gasteiger partial charge in [-0.05, 0) is 54.0 Å². The maximum atomic E-state index is 13.2. The first kappa shape index (κ1) is 30.4. The second-order valence-corrected chi connectivity index (χ2v) is 11.9. The van der Waals surface area contributed by atoms with Crippen molar-refractivity contribution in [3.05, 3.63) is 59.2 Å². The lowest BCUT2D eigenvalue weighted by Gasteiger charge is -2.19. The van der Waals surface area contributed by atoms with Gasteiger partial charge in [-0.25, -0.2) is 0 Å². The standard InChI is InChI=1S/C29H39F3NO4P/c1-3-5-18-36-38(35,37-19-6-4-2)20-11-7-8-15-24-22-13-9-10-14-23(22)25-16-12-17-26(27(24)25)28(34)33-21-29(30,31)32/h9-10,12-14,16-17,24H,3-8,11,15,18-21H2,1-2H3,(H,33,34). The third kappa shape index (κ3) is 8.42. The minimum atomic E-state index is -4.48. The maximum absolute atomic E-state index is 13.2. The minimum absolute atomic E-state index is 0.0950. The molecule has 5 nitrogen and oxygen atoms in total. The van der Waals surface area contributed by atoms with Crippen LogP contribution in [0.4, 0.5) is 13.2 Å². The molecule has 0 saturated carbocycles. The van der Waals surface area contributed by atoms with Gasteiger partial charge in [0.05, 0.1) is 19.4 Å². The summed E-state index contributed by atoms with van der Waals surface area (Å²) in [4.78, 5) is 12.8. The van der Waals surface area contributed by atoms with Crippen LogP contribution in [0.25, 0.3) is 11.1 Å². The highest BCUT2D eigenvalue weighted by molar-refractivity contribution is 7.53. The van der Waals surface area contributed by atoms with Crippen molar-refractivity contribution in [2.45, 2.75) is 77.3 Å². The summed E-state index contributed by atoms with van der Waals surface area (Å²) in [7, 11) is -3.14. The second kappa shape index (κ2) is 14.3. The van der Waals surface area contributed by atoms with Gasteiger partial charge in [0.2, 0.25) is 0 Å². The van der Waals surface area contributed by atoms with Crippen LogP contribution in [0.5, 0.6) is 0 Å². The van der Waals surface area contributed by atoms with Crippen molar-refractivity contribution >= 4 is 13.5 Å². The molecular formula is C29H39F3NO4P. The summed E-state index contributed by atoms with van der Waals surface area (Å²) in [5, 5.41) is 2.03. The normalized spacial score (nSPS) is 14.8. The van der Waals surface area contributed by atoms with Crippen molar-refractivity contribution in [3.63, 3.8) is 0 Å². The molecule has 3 rings (SSSR count). The summed E-state index contributed by atoms with van der Waals surface area (Å²) < 4.78 is 62.8. The van der Waals surface area contributed by atoms with E-state index in [1.54, 1.807) is 12.1 Å². The van der Waals surface area contributed by atoms with Gasteiger partial charge in [-0.15, -0.1) is 0 Å². The van der Waals surface area contributed by atoms with Gasteiger partial charge in [0.15, 0.2) is 0 Å². The molecule has 1 amide bonds. The van der Waals surface area contributed by atoms with Crippen LogP contribution in [-0.2, 0) is 13.6 Å². The lowest BCUT2D eigenvalue weighted by Crippen LogP contribution is -2.34. The highest BCUT2D eigenvalue weighted by atomic mass is 31.2. The van der Waals surface area contributed by atoms with Crippen LogP contribution in [-0.4, -0.2) is 38.0 Å². The Bertz CT molecular complexity index is 1090. The summed E-state index contributed by atoms with van der Waals surface area (Å²) >= 11 is 0. The van der Waals surface area contributed by atoms with E-state index in [9.17, 15) is 22.5 Å². The van der Waals surface area contributed by atoms with Gasteiger partial charge in [-0.3, -0.25) is 9.36 Å². The van der Waals surface area contributed by atoms with Crippen LogP contribution < -0.4 is 5.32 Å². The Labute approximate surface area is 224 Å². The quantitative estimate of drug-likeness (QED) is 0.167. The van der Waals surface area contributed by atoms with E-state index in [0.717, 1.165) is 67.2 Å². The summed E-state index contributed by atoms with van der Waals surface area (Å²) in [5.74, 6) is -0.811. The molecule has 0 fully saturated rings. The highest BCUT2D eigenvalue weighted by Gasteiger charge is 2.33. The number of amides is 1. The fourth-order valence-electron chi connectivity index (χ4n) is 4.84. The lowest BCUT2D eigenvalue weighted by molar-refractivity contribution is -0.123. The molecule has 1 atom stereocenters. The average Bonchev–Trinajstić information content (AvgIpc) is 3.21. The number of hydrogen-bond donors (Lipinski definition) is 1. The number of unbranched alkanes of at least 4 members (excludes halogenated alkanes) is 4. The smallest absolute Gasteiger partial charge is 0.343 e. The molecule has 0 radical (unpaired) electrons. The fraction of sp³-hybridized carbons (Fsp3) is 0.552. The fourth-order valence-corrected chi connectivity index (χ4v) is 6.60. The summed E-state index contributed by atoms with van der Waals surface area (Å²) in [5.41, 5.74) is 4.05. The van der Waals surface area contributed by atoms with E-state index in [1.807, 2.05) is 35.6 Å². The zero-order valence-electron chi connectivity index (χ0n) is 22.3. The Morgan fingerprint density at radius 3 is 2.21 bits per heavy atom. The second-order valence-electron chi connectivity index (χ2n) is 9.76. The SMILES string of the molecule is CCCCOP(=O)(CCCCCC1c2ccccc2-c2cccc(C(=O)NCC(F)(F)F)c21)OCCCC. The molecule has 1 aliphatic rings. The molecular weight excluding hydrogens is 514 g/mol. The third-order valence-corrected chi connectivity index (χ3v) is 8.79. The Kier molecular flexibility index (Phi) is 11.4. The Balaban J connectivity index is 1.67. The number of hydrogen-bond acceptors (Lipinski definition) is 4. The van der Waals surface area contributed by atoms with Gasteiger partial charge in [-0.1, -0.05) is 75.9 Å². The summed E-state index contributed by atoms with van der Waals surface area (Å²) in [6, 6.07) is 13.1. The molecule has 1 aliphatic carbocycles. The van der Waals surface area contributed by atoms with Crippen LogP contribution in [0.3, 0.4) is 0 Å². The summed E-state index contributed by atoms with van der Waals surface area (Å²) in [6.07, 6.45) is 2.48. The number of carbonyl (C=O) groups excluding carboxylic acids is 1. The molecule has 0 bridgehead atoms. The van der Waals surface area contributed by atoms with Gasteiger partial charge in [0.1, 0.15) is 6.54 Å². The molecule has 38 heavy (non-hydrogen) atoms. The van der Waals surface area contributed by atoms with Crippen LogP contribution in [0.2, 0.25) is 0 Å². The number of carbonyl (C=O) groups is 1. The number of nitrogens with one attached hydrogen (secondary N) is 1. The monoisotopic (exact) mass is 553 g/mol. The van der Waals surface area contributed by atoms with Crippen LogP contribution in [0, 0.1) is 0 Å². The number of alkyl halides is 3. The predicted molar refractivity (Wildman–Crippen MR) is 145 cm³/mol. The molecule has 0 saturated heterocycles. The molecule has 210 valence electrons. The van der Waals surface area contributed by atoms with E-state index >= 15 is 0 Å². The average molecular weight is 554 g/mol. The van der Waals surface area contributed by atoms with Crippen LogP contribution in [0.15, 0.2) is 42.5 Å². The van der Waals surface area contributed by atoms with Gasteiger partial charge < -0.3 is 14.4 Å². The lowest BCUT2D eigenvalue weighted by atomic mass is 9.88. The maximum Gasteiger partial charge on any atom is 0.405 e. The van der Waals surface area contributed by atoms with E-state index in [1.165, 1.54) is 0 Å². The van der Waals surface area contributed by atoms with E-state index in [-0.39, 0.29) is 11.5 Å². The first-order valence-electron chi connectivity index (χ1n) is 13.6. The van der Waals surface area contributed by atoms with Crippen LogP contribution in [0.1, 0.15) is 92.6 Å². The topological polar surface area (TPSA) is 64.6 Å². The third-order valence-electron chi connectivity index (χ3n) is 6.77. The molecule has 0 heterocycles. The minimum Gasteiger partial charge on any atom is -0.343 e. The first-order chi connectivity index (χ1) is 18.2. The molecule has 0 aliphatic heterocycles. The van der Waals surface area contributed by atoms with Crippen molar-refractivity contribution in [3.8, 4) is 11.1 Å². The van der Waals surface area contributed by atoms with Crippen molar-refractivity contribution in [2.75, 3.05) is 25.9 Å². The Hall–Kier alpha value is -2.15. The van der Waals surface area contributed by atoms with Crippen molar-refractivity contribution in [1.29, 1.82) is 0 Å². The number of fused-ring (bicyclic) bond motifs is 3. The molecule has 1 N–H and O–H groups in total. The van der Waals surface area contributed by atoms with Crippen molar-refractivity contribution in [2.24, 2.45) is 0 Å². The number of halogens is 3. The molecule has 9 heteroatoms. The van der Waals surface area contributed by atoms with E-state index < -0.39 is 26.2 Å². The van der Waals surface area contributed by atoms with Gasteiger partial charge in [0.25, 0.3) is 5.91 Å². The molecule has 1 unspecified atom stereocenters. The molecule has 0 aromatic heterocycles. The largest absolute Gasteiger partial charge is 0.405 e. The summed E-state index contributed by atoms with van der Waals surface area (Å²) in [6.45, 7) is 3.59. The van der Waals surface area contributed by atoms with Crippen molar-refractivity contribution in [1.82, 2.24) is 5.32 Å². The molecule has 2 aromatic carbocycles. The van der Waals surface area contributed by atoms with E-state index in [2.05, 4.69) is 13.8 Å². The molecule has 2 aromatic rings. The van der Waals surface area contributed by atoms with Gasteiger partial charge >= 0.3 is 13.8 Å². The zero-order chi connectivity index (χ0) is 27.6. The number of rotatable bonds is 16. The van der Waals surface area contributed by atoms with E-state index in [4.69, 9.17) is 9.05 Å². The van der Waals surface area contributed by atoms with E-state index in [0.29, 0.717) is 25.8 Å². The zero-order valence-corrected chi connectivity index (χ0v) is 23.2. The molecule has 0 spiro atoms. The Morgan fingerprint density at radius 1 is 0.895 bits per heavy atom. The number of benzene rings is 2. The Morgan fingerprint density at radius 2 is 1.55 bits per heavy atom. The van der Waals surface area contributed by atoms with Gasteiger partial charge in [0, 0.05) is 11.5 Å². The van der Waals surface area contributed by atoms with Crippen molar-refractivity contribution < 1.29 is 31.6 Å². The predicted octanol–water partition coefficient (Wildman–Crippen LogP) is 8.48.